The first-order chi connectivity index (χ1) is 8.19. The number of aryl methyl sites for hydroxylation is 1. The summed E-state index contributed by atoms with van der Waals surface area (Å²) in [5.74, 6) is 0.113. The fourth-order valence-corrected chi connectivity index (χ4v) is 2.21. The van der Waals surface area contributed by atoms with Crippen molar-refractivity contribution in [3.8, 4) is 0 Å². The number of rotatable bonds is 3. The molecule has 2 aromatic rings. The van der Waals surface area contributed by atoms with Crippen LogP contribution >= 0.6 is 0 Å². The van der Waals surface area contributed by atoms with Gasteiger partial charge in [-0.25, -0.2) is 0 Å². The van der Waals surface area contributed by atoms with E-state index in [1.807, 2.05) is 60.8 Å². The standard InChI is InChI=1S/C14H18N2O/c1-4-16(5-2)14(17)12-8-6-7-11-9-10-15(3)13(11)12/h6-10H,4-5H2,1-3H3. The summed E-state index contributed by atoms with van der Waals surface area (Å²) in [7, 11) is 1.97. The number of benzene rings is 1. The lowest BCUT2D eigenvalue weighted by molar-refractivity contribution is 0.0774. The normalized spacial score (nSPS) is 10.8. The van der Waals surface area contributed by atoms with Crippen LogP contribution in [-0.2, 0) is 7.05 Å². The predicted octanol–water partition coefficient (Wildman–Crippen LogP) is 2.66. The number of aromatic nitrogens is 1. The Balaban J connectivity index is 2.55. The summed E-state index contributed by atoms with van der Waals surface area (Å²) in [5.41, 5.74) is 1.81. The lowest BCUT2D eigenvalue weighted by Crippen LogP contribution is -2.30. The first-order valence-electron chi connectivity index (χ1n) is 6.02. The summed E-state index contributed by atoms with van der Waals surface area (Å²) in [6.07, 6.45) is 1.99. The smallest absolute Gasteiger partial charge is 0.255 e. The molecule has 0 radical (unpaired) electrons. The van der Waals surface area contributed by atoms with E-state index in [4.69, 9.17) is 0 Å². The molecule has 0 atom stereocenters. The number of para-hydroxylation sites is 1. The number of hydrogen-bond acceptors (Lipinski definition) is 1. The number of carbonyl (C=O) groups is 1. The zero-order valence-corrected chi connectivity index (χ0v) is 10.6. The van der Waals surface area contributed by atoms with Crippen LogP contribution in [0.2, 0.25) is 0 Å². The summed E-state index contributed by atoms with van der Waals surface area (Å²) in [5, 5.41) is 1.12. The SMILES string of the molecule is CCN(CC)C(=O)c1cccc2ccn(C)c12. The molecule has 0 aliphatic rings. The van der Waals surface area contributed by atoms with Gasteiger partial charge in [-0.2, -0.15) is 0 Å². The number of nitrogens with zero attached hydrogens (tertiary/aromatic N) is 2. The maximum absolute atomic E-state index is 12.4. The largest absolute Gasteiger partial charge is 0.350 e. The molecule has 1 heterocycles. The average Bonchev–Trinajstić information content (AvgIpc) is 2.73. The summed E-state index contributed by atoms with van der Waals surface area (Å²) in [6.45, 7) is 5.51. The van der Waals surface area contributed by atoms with Crippen LogP contribution in [0.4, 0.5) is 0 Å². The molecule has 1 aromatic heterocycles. The van der Waals surface area contributed by atoms with Crippen molar-refractivity contribution < 1.29 is 4.79 Å². The van der Waals surface area contributed by atoms with Crippen LogP contribution in [0.15, 0.2) is 30.5 Å². The van der Waals surface area contributed by atoms with Gasteiger partial charge in [0.2, 0.25) is 0 Å². The van der Waals surface area contributed by atoms with Crippen molar-refractivity contribution in [1.29, 1.82) is 0 Å². The van der Waals surface area contributed by atoms with Gasteiger partial charge in [-0.1, -0.05) is 12.1 Å². The molecule has 0 saturated heterocycles. The van der Waals surface area contributed by atoms with Gasteiger partial charge >= 0.3 is 0 Å². The molecule has 90 valence electrons. The molecule has 0 bridgehead atoms. The molecule has 1 amide bonds. The summed E-state index contributed by atoms with van der Waals surface area (Å²) >= 11 is 0. The second-order valence-electron chi connectivity index (χ2n) is 4.15. The molecular weight excluding hydrogens is 212 g/mol. The average molecular weight is 230 g/mol. The van der Waals surface area contributed by atoms with Gasteiger partial charge in [-0.3, -0.25) is 4.79 Å². The third-order valence-corrected chi connectivity index (χ3v) is 3.18. The van der Waals surface area contributed by atoms with Crippen molar-refractivity contribution in [2.24, 2.45) is 7.05 Å². The highest BCUT2D eigenvalue weighted by atomic mass is 16.2. The van der Waals surface area contributed by atoms with E-state index < -0.39 is 0 Å². The molecule has 17 heavy (non-hydrogen) atoms. The Morgan fingerprint density at radius 1 is 1.24 bits per heavy atom. The van der Waals surface area contributed by atoms with Crippen LogP contribution in [-0.4, -0.2) is 28.5 Å². The fourth-order valence-electron chi connectivity index (χ4n) is 2.21. The molecule has 3 nitrogen and oxygen atoms in total. The van der Waals surface area contributed by atoms with E-state index >= 15 is 0 Å². The van der Waals surface area contributed by atoms with Gasteiger partial charge in [-0.05, 0) is 26.0 Å². The molecule has 0 spiro atoms. The summed E-state index contributed by atoms with van der Waals surface area (Å²) in [4.78, 5) is 14.2. The lowest BCUT2D eigenvalue weighted by Gasteiger charge is -2.19. The van der Waals surface area contributed by atoms with Gasteiger partial charge in [0.15, 0.2) is 0 Å². The third kappa shape index (κ3) is 1.93. The molecule has 0 fully saturated rings. The van der Waals surface area contributed by atoms with E-state index in [0.717, 1.165) is 29.6 Å². The molecule has 0 aliphatic heterocycles. The fraction of sp³-hybridized carbons (Fsp3) is 0.357. The van der Waals surface area contributed by atoms with E-state index in [9.17, 15) is 4.79 Å². The van der Waals surface area contributed by atoms with Gasteiger partial charge in [0.25, 0.3) is 5.91 Å². The quantitative estimate of drug-likeness (QED) is 0.795. The maximum atomic E-state index is 12.4. The second-order valence-corrected chi connectivity index (χ2v) is 4.15. The Labute approximate surface area is 102 Å². The Morgan fingerprint density at radius 3 is 2.59 bits per heavy atom. The zero-order valence-electron chi connectivity index (χ0n) is 10.6. The monoisotopic (exact) mass is 230 g/mol. The third-order valence-electron chi connectivity index (χ3n) is 3.18. The van der Waals surface area contributed by atoms with Crippen molar-refractivity contribution in [3.63, 3.8) is 0 Å². The Bertz CT molecular complexity index is 538. The number of amides is 1. The highest BCUT2D eigenvalue weighted by molar-refractivity contribution is 6.05. The van der Waals surface area contributed by atoms with Gasteiger partial charge < -0.3 is 9.47 Å². The molecule has 0 unspecified atom stereocenters. The van der Waals surface area contributed by atoms with E-state index in [-0.39, 0.29) is 5.91 Å². The van der Waals surface area contributed by atoms with Gasteiger partial charge in [0.05, 0.1) is 11.1 Å². The van der Waals surface area contributed by atoms with Crippen molar-refractivity contribution >= 4 is 16.8 Å². The minimum Gasteiger partial charge on any atom is -0.350 e. The number of hydrogen-bond donors (Lipinski definition) is 0. The minimum absolute atomic E-state index is 0.113. The Morgan fingerprint density at radius 2 is 1.94 bits per heavy atom. The van der Waals surface area contributed by atoms with Crippen LogP contribution in [0, 0.1) is 0 Å². The lowest BCUT2D eigenvalue weighted by atomic mass is 10.1. The molecular formula is C14H18N2O. The van der Waals surface area contributed by atoms with Gasteiger partial charge in [-0.15, -0.1) is 0 Å². The maximum Gasteiger partial charge on any atom is 0.255 e. The Hall–Kier alpha value is -1.77. The van der Waals surface area contributed by atoms with E-state index in [2.05, 4.69) is 0 Å². The van der Waals surface area contributed by atoms with E-state index in [0.29, 0.717) is 0 Å². The molecule has 1 aromatic carbocycles. The molecule has 0 aliphatic carbocycles. The number of carbonyl (C=O) groups excluding carboxylic acids is 1. The highest BCUT2D eigenvalue weighted by Crippen LogP contribution is 2.20. The number of fused-ring (bicyclic) bond motifs is 1. The Kier molecular flexibility index (Phi) is 3.18. The van der Waals surface area contributed by atoms with Gasteiger partial charge in [0.1, 0.15) is 0 Å². The molecule has 2 rings (SSSR count). The predicted molar refractivity (Wildman–Crippen MR) is 70.2 cm³/mol. The topological polar surface area (TPSA) is 25.2 Å². The van der Waals surface area contributed by atoms with E-state index in [1.54, 1.807) is 0 Å². The van der Waals surface area contributed by atoms with Crippen molar-refractivity contribution in [2.75, 3.05) is 13.1 Å². The van der Waals surface area contributed by atoms with Crippen LogP contribution < -0.4 is 0 Å². The minimum atomic E-state index is 0.113. The first-order valence-corrected chi connectivity index (χ1v) is 6.02. The first kappa shape index (κ1) is 11.7. The van der Waals surface area contributed by atoms with Crippen molar-refractivity contribution in [2.45, 2.75) is 13.8 Å². The summed E-state index contributed by atoms with van der Waals surface area (Å²) < 4.78 is 2.01. The van der Waals surface area contributed by atoms with Crippen molar-refractivity contribution in [1.82, 2.24) is 9.47 Å². The molecule has 0 N–H and O–H groups in total. The van der Waals surface area contributed by atoms with Crippen LogP contribution in [0.3, 0.4) is 0 Å². The van der Waals surface area contributed by atoms with Crippen LogP contribution in [0.1, 0.15) is 24.2 Å². The summed E-state index contributed by atoms with van der Waals surface area (Å²) in [6, 6.07) is 7.92. The van der Waals surface area contributed by atoms with Crippen LogP contribution in [0.25, 0.3) is 10.9 Å². The second kappa shape index (κ2) is 4.62. The zero-order chi connectivity index (χ0) is 12.4. The van der Waals surface area contributed by atoms with Crippen molar-refractivity contribution in [3.05, 3.63) is 36.0 Å². The molecule has 3 heteroatoms. The highest BCUT2D eigenvalue weighted by Gasteiger charge is 2.16. The molecule has 0 saturated carbocycles. The van der Waals surface area contributed by atoms with Crippen LogP contribution in [0.5, 0.6) is 0 Å². The van der Waals surface area contributed by atoms with E-state index in [1.165, 1.54) is 0 Å². The van der Waals surface area contributed by atoms with Gasteiger partial charge in [0, 0.05) is 31.7 Å².